The molecule has 0 radical (unpaired) electrons. The molecule has 1 N–H and O–H groups in total. The molecule has 0 unspecified atom stereocenters. The number of ether oxygens (including phenoxy) is 1. The topological polar surface area (TPSA) is 114 Å². The van der Waals surface area contributed by atoms with E-state index in [2.05, 4.69) is 10.2 Å². The standard InChI is InChI=1S/C18H16N4O5/c1-26-9-7-21-17(11-4-2-5-12(10-11)22(24)25)14-15(13-6-3-8-27-13)19-20-16(14)18(21)23/h2-6,8,10,17H,7,9H2,1H3,(H,19,20)/t17-/m0/s1. The number of carbonyl (C=O) groups is 1. The average molecular weight is 368 g/mol. The van der Waals surface area contributed by atoms with Gasteiger partial charge in [0.2, 0.25) is 0 Å². The Kier molecular flexibility index (Phi) is 4.21. The summed E-state index contributed by atoms with van der Waals surface area (Å²) >= 11 is 0. The Morgan fingerprint density at radius 2 is 2.22 bits per heavy atom. The summed E-state index contributed by atoms with van der Waals surface area (Å²) in [6.45, 7) is 0.665. The molecule has 3 heterocycles. The molecule has 0 fully saturated rings. The van der Waals surface area contributed by atoms with Gasteiger partial charge in [0.15, 0.2) is 11.5 Å². The van der Waals surface area contributed by atoms with E-state index in [9.17, 15) is 14.9 Å². The van der Waals surface area contributed by atoms with Gasteiger partial charge in [0.05, 0.1) is 23.8 Å². The lowest BCUT2D eigenvalue weighted by atomic mass is 9.97. The monoisotopic (exact) mass is 368 g/mol. The fourth-order valence-electron chi connectivity index (χ4n) is 3.37. The van der Waals surface area contributed by atoms with Gasteiger partial charge in [0.25, 0.3) is 11.6 Å². The molecule has 1 amide bonds. The quantitative estimate of drug-likeness (QED) is 0.528. The van der Waals surface area contributed by atoms with E-state index >= 15 is 0 Å². The number of aromatic amines is 1. The second-order valence-corrected chi connectivity index (χ2v) is 6.08. The minimum atomic E-state index is -0.526. The number of hydrogen-bond donors (Lipinski definition) is 1. The zero-order chi connectivity index (χ0) is 19.0. The van der Waals surface area contributed by atoms with Gasteiger partial charge in [-0.15, -0.1) is 0 Å². The number of non-ortho nitro benzene ring substituents is 1. The molecular formula is C18H16N4O5. The first-order valence-corrected chi connectivity index (χ1v) is 8.28. The number of fused-ring (bicyclic) bond motifs is 1. The Balaban J connectivity index is 1.87. The Morgan fingerprint density at radius 1 is 1.37 bits per heavy atom. The first-order chi connectivity index (χ1) is 13.1. The molecule has 0 saturated heterocycles. The van der Waals surface area contributed by atoms with E-state index in [1.165, 1.54) is 18.4 Å². The van der Waals surface area contributed by atoms with Crippen LogP contribution in [0.4, 0.5) is 5.69 Å². The summed E-state index contributed by atoms with van der Waals surface area (Å²) < 4.78 is 10.6. The highest BCUT2D eigenvalue weighted by Gasteiger charge is 2.43. The number of nitro benzene ring substituents is 1. The number of methoxy groups -OCH3 is 1. The van der Waals surface area contributed by atoms with Gasteiger partial charge >= 0.3 is 0 Å². The average Bonchev–Trinajstić information content (AvgIpc) is 3.38. The zero-order valence-electron chi connectivity index (χ0n) is 14.4. The van der Waals surface area contributed by atoms with Crippen molar-refractivity contribution in [1.29, 1.82) is 0 Å². The maximum atomic E-state index is 12.9. The summed E-state index contributed by atoms with van der Waals surface area (Å²) in [6, 6.07) is 9.25. The second-order valence-electron chi connectivity index (χ2n) is 6.08. The number of H-pyrrole nitrogens is 1. The van der Waals surface area contributed by atoms with Crippen molar-refractivity contribution in [3.63, 3.8) is 0 Å². The normalized spacial score (nSPS) is 16.0. The maximum Gasteiger partial charge on any atom is 0.275 e. The van der Waals surface area contributed by atoms with Gasteiger partial charge in [0, 0.05) is 31.4 Å². The second kappa shape index (κ2) is 6.69. The van der Waals surface area contributed by atoms with Crippen molar-refractivity contribution in [2.45, 2.75) is 6.04 Å². The van der Waals surface area contributed by atoms with E-state index in [0.29, 0.717) is 35.7 Å². The summed E-state index contributed by atoms with van der Waals surface area (Å²) in [7, 11) is 1.55. The third kappa shape index (κ3) is 2.77. The van der Waals surface area contributed by atoms with Gasteiger partial charge in [0.1, 0.15) is 5.69 Å². The van der Waals surface area contributed by atoms with Crippen LogP contribution in [0, 0.1) is 10.1 Å². The Bertz CT molecular complexity index is 995. The third-order valence-corrected chi connectivity index (χ3v) is 4.55. The van der Waals surface area contributed by atoms with Gasteiger partial charge in [-0.25, -0.2) is 0 Å². The number of nitrogens with one attached hydrogen (secondary N) is 1. The Morgan fingerprint density at radius 3 is 2.93 bits per heavy atom. The van der Waals surface area contributed by atoms with Gasteiger partial charge < -0.3 is 14.1 Å². The molecule has 1 aliphatic heterocycles. The van der Waals surface area contributed by atoms with Crippen LogP contribution in [0.25, 0.3) is 11.5 Å². The molecule has 4 rings (SSSR count). The molecule has 1 aromatic carbocycles. The van der Waals surface area contributed by atoms with Crippen molar-refractivity contribution in [2.75, 3.05) is 20.3 Å². The molecule has 9 heteroatoms. The van der Waals surface area contributed by atoms with Crippen molar-refractivity contribution in [2.24, 2.45) is 0 Å². The lowest BCUT2D eigenvalue weighted by molar-refractivity contribution is -0.384. The summed E-state index contributed by atoms with van der Waals surface area (Å²) in [5.41, 5.74) is 2.10. The Labute approximate surface area is 153 Å². The van der Waals surface area contributed by atoms with Gasteiger partial charge in [-0.2, -0.15) is 5.10 Å². The number of nitro groups is 1. The molecule has 0 saturated carbocycles. The summed E-state index contributed by atoms with van der Waals surface area (Å²) in [5, 5.41) is 18.2. The molecule has 2 aromatic heterocycles. The third-order valence-electron chi connectivity index (χ3n) is 4.55. The SMILES string of the molecule is COCCN1C(=O)c2n[nH]c(-c3ccco3)c2[C@@H]1c1cccc([N+](=O)[O-])c1. The molecule has 0 spiro atoms. The minimum absolute atomic E-state index is 0.0388. The smallest absolute Gasteiger partial charge is 0.275 e. The molecular weight excluding hydrogens is 352 g/mol. The van der Waals surface area contributed by atoms with Crippen LogP contribution < -0.4 is 0 Å². The van der Waals surface area contributed by atoms with Crippen LogP contribution in [0.5, 0.6) is 0 Å². The molecule has 0 aliphatic carbocycles. The number of carbonyl (C=O) groups excluding carboxylic acids is 1. The van der Waals surface area contributed by atoms with E-state index in [-0.39, 0.29) is 17.3 Å². The predicted octanol–water partition coefficient (Wildman–Crippen LogP) is 2.77. The number of benzene rings is 1. The van der Waals surface area contributed by atoms with E-state index in [1.54, 1.807) is 36.3 Å². The number of aromatic nitrogens is 2. The van der Waals surface area contributed by atoms with E-state index in [0.717, 1.165) is 0 Å². The van der Waals surface area contributed by atoms with Crippen LogP contribution in [-0.2, 0) is 4.74 Å². The highest BCUT2D eigenvalue weighted by Crippen LogP contribution is 2.43. The van der Waals surface area contributed by atoms with Crippen molar-refractivity contribution in [3.05, 3.63) is 69.6 Å². The molecule has 9 nitrogen and oxygen atoms in total. The van der Waals surface area contributed by atoms with Crippen LogP contribution in [-0.4, -0.2) is 46.2 Å². The number of furan rings is 1. The Hall–Kier alpha value is -3.46. The first-order valence-electron chi connectivity index (χ1n) is 8.28. The van der Waals surface area contributed by atoms with Crippen molar-refractivity contribution in [3.8, 4) is 11.5 Å². The zero-order valence-corrected chi connectivity index (χ0v) is 14.4. The molecule has 138 valence electrons. The van der Waals surface area contributed by atoms with Gasteiger partial charge in [-0.05, 0) is 17.7 Å². The minimum Gasteiger partial charge on any atom is -0.463 e. The fourth-order valence-corrected chi connectivity index (χ4v) is 3.37. The van der Waals surface area contributed by atoms with Gasteiger partial charge in [-0.1, -0.05) is 12.1 Å². The maximum absolute atomic E-state index is 12.9. The summed E-state index contributed by atoms with van der Waals surface area (Å²) in [4.78, 5) is 25.3. The van der Waals surface area contributed by atoms with Crippen LogP contribution in [0.15, 0.2) is 47.1 Å². The molecule has 0 bridgehead atoms. The molecule has 3 aromatic rings. The predicted molar refractivity (Wildman–Crippen MR) is 94.1 cm³/mol. The fraction of sp³-hybridized carbons (Fsp3) is 0.222. The summed E-state index contributed by atoms with van der Waals surface area (Å²) in [6.07, 6.45) is 1.53. The number of hydrogen-bond acceptors (Lipinski definition) is 6. The van der Waals surface area contributed by atoms with Crippen LogP contribution in [0.3, 0.4) is 0 Å². The van der Waals surface area contributed by atoms with Crippen LogP contribution >= 0.6 is 0 Å². The number of amides is 1. The van der Waals surface area contributed by atoms with Gasteiger partial charge in [-0.3, -0.25) is 20.0 Å². The number of nitrogens with zero attached hydrogens (tertiary/aromatic N) is 3. The van der Waals surface area contributed by atoms with Crippen molar-refractivity contribution in [1.82, 2.24) is 15.1 Å². The highest BCUT2D eigenvalue weighted by atomic mass is 16.6. The molecule has 27 heavy (non-hydrogen) atoms. The first kappa shape index (κ1) is 17.0. The van der Waals surface area contributed by atoms with Crippen LogP contribution in [0.1, 0.15) is 27.7 Å². The van der Waals surface area contributed by atoms with Crippen molar-refractivity contribution >= 4 is 11.6 Å². The largest absolute Gasteiger partial charge is 0.463 e. The molecule has 1 aliphatic rings. The van der Waals surface area contributed by atoms with E-state index in [4.69, 9.17) is 9.15 Å². The summed E-state index contributed by atoms with van der Waals surface area (Å²) in [5.74, 6) is 0.285. The number of rotatable bonds is 6. The lowest BCUT2D eigenvalue weighted by Crippen LogP contribution is -2.32. The van der Waals surface area contributed by atoms with E-state index < -0.39 is 11.0 Å². The van der Waals surface area contributed by atoms with Crippen molar-refractivity contribution < 1.29 is 18.9 Å². The van der Waals surface area contributed by atoms with E-state index in [1.807, 2.05) is 0 Å². The molecule has 1 atom stereocenters. The van der Waals surface area contributed by atoms with Crippen LogP contribution in [0.2, 0.25) is 0 Å². The highest BCUT2D eigenvalue weighted by molar-refractivity contribution is 6.00. The lowest BCUT2D eigenvalue weighted by Gasteiger charge is -2.25.